The summed E-state index contributed by atoms with van der Waals surface area (Å²) in [7, 11) is -1.03. The lowest BCUT2D eigenvalue weighted by Gasteiger charge is -2.43. The maximum absolute atomic E-state index is 11.6. The molecule has 1 N–H and O–H groups in total. The molecule has 248 valence electrons. The van der Waals surface area contributed by atoms with Crippen LogP contribution in [0.2, 0.25) is 5.04 Å². The van der Waals surface area contributed by atoms with Crippen molar-refractivity contribution in [2.45, 2.75) is 102 Å². The van der Waals surface area contributed by atoms with Gasteiger partial charge in [0.2, 0.25) is 0 Å². The minimum atomic E-state index is -2.69. The van der Waals surface area contributed by atoms with Gasteiger partial charge in [0.05, 0.1) is 38.1 Å². The van der Waals surface area contributed by atoms with Crippen LogP contribution < -0.4 is 15.1 Å². The van der Waals surface area contributed by atoms with Crippen LogP contribution in [0.1, 0.15) is 71.8 Å². The topological polar surface area (TPSA) is 74.2 Å². The lowest BCUT2D eigenvalue weighted by molar-refractivity contribution is -0.120. The molecule has 0 amide bonds. The van der Waals surface area contributed by atoms with E-state index in [4.69, 9.17) is 18.6 Å². The SMILES string of the molecule is C=C1C[C@H](C[C@@H](O)CC(C)=O)O[C@H](C[C@H](CCO[Si](c2ccccc2)(c2ccccc2)C(C)(C)C)OCc2ccc(OC)cc2)C1. The Morgan fingerprint density at radius 2 is 1.50 bits per heavy atom. The standard InChI is InChI=1S/C39H52O6Si/c1-29-23-35(26-32(41)25-30(2)40)45-36(24-29)27-34(43-28-31-17-19-33(42-6)20-18-31)21-22-44-46(39(3,4)5,37-13-9-7-10-14-37)38-15-11-8-12-16-38/h7-20,32,34-36,41H,1,21-28H2,2-6H3/t32-,34-,35+,36-/m0/s1. The molecule has 1 aliphatic rings. The zero-order chi connectivity index (χ0) is 33.2. The van der Waals surface area contributed by atoms with E-state index in [2.05, 4.69) is 88.0 Å². The zero-order valence-corrected chi connectivity index (χ0v) is 29.2. The van der Waals surface area contributed by atoms with Gasteiger partial charge in [0.25, 0.3) is 8.32 Å². The van der Waals surface area contributed by atoms with Gasteiger partial charge in [-0.05, 0) is 59.3 Å². The van der Waals surface area contributed by atoms with Crippen LogP contribution in [-0.2, 0) is 25.3 Å². The van der Waals surface area contributed by atoms with Gasteiger partial charge in [-0.1, -0.05) is 106 Å². The molecule has 1 saturated heterocycles. The van der Waals surface area contributed by atoms with Crippen LogP contribution in [0.5, 0.6) is 5.75 Å². The number of hydrogen-bond donors (Lipinski definition) is 1. The van der Waals surface area contributed by atoms with Crippen LogP contribution in [0.15, 0.2) is 97.1 Å². The van der Waals surface area contributed by atoms with E-state index in [1.165, 1.54) is 17.3 Å². The van der Waals surface area contributed by atoms with Crippen LogP contribution in [-0.4, -0.2) is 57.3 Å². The number of rotatable bonds is 16. The highest BCUT2D eigenvalue weighted by Crippen LogP contribution is 2.37. The first kappa shape index (κ1) is 35.8. The van der Waals surface area contributed by atoms with Gasteiger partial charge in [0.15, 0.2) is 0 Å². The molecule has 0 saturated carbocycles. The fourth-order valence-corrected chi connectivity index (χ4v) is 11.3. The molecule has 0 radical (unpaired) electrons. The van der Waals surface area contributed by atoms with Crippen LogP contribution >= 0.6 is 0 Å². The number of ether oxygens (including phenoxy) is 3. The maximum atomic E-state index is 11.6. The molecule has 0 spiro atoms. The third-order valence-corrected chi connectivity index (χ3v) is 13.9. The average Bonchev–Trinajstić information content (AvgIpc) is 3.01. The van der Waals surface area contributed by atoms with Gasteiger partial charge in [0, 0.05) is 25.9 Å². The third kappa shape index (κ3) is 9.72. The normalized spacial score (nSPS) is 18.6. The summed E-state index contributed by atoms with van der Waals surface area (Å²) in [6.45, 7) is 13.7. The lowest BCUT2D eigenvalue weighted by atomic mass is 9.92. The Kier molecular flexibility index (Phi) is 13.0. The molecular weight excluding hydrogens is 593 g/mol. The Hall–Kier alpha value is -3.07. The maximum Gasteiger partial charge on any atom is 0.261 e. The predicted molar refractivity (Wildman–Crippen MR) is 187 cm³/mol. The van der Waals surface area contributed by atoms with Gasteiger partial charge < -0.3 is 23.7 Å². The van der Waals surface area contributed by atoms with Crippen molar-refractivity contribution in [2.24, 2.45) is 0 Å². The molecule has 1 heterocycles. The summed E-state index contributed by atoms with van der Waals surface area (Å²) in [6, 6.07) is 29.3. The molecule has 3 aromatic carbocycles. The number of benzene rings is 3. The molecule has 0 unspecified atom stereocenters. The van der Waals surface area contributed by atoms with Gasteiger partial charge >= 0.3 is 0 Å². The van der Waals surface area contributed by atoms with Crippen molar-refractivity contribution in [1.29, 1.82) is 0 Å². The van der Waals surface area contributed by atoms with E-state index in [1.807, 2.05) is 24.3 Å². The molecule has 0 aliphatic carbocycles. The molecule has 7 heteroatoms. The van der Waals surface area contributed by atoms with Crippen molar-refractivity contribution < 1.29 is 28.5 Å². The summed E-state index contributed by atoms with van der Waals surface area (Å²) in [5, 5.41) is 12.8. The van der Waals surface area contributed by atoms with Gasteiger partial charge in [-0.15, -0.1) is 0 Å². The Labute approximate surface area is 276 Å². The molecule has 0 bridgehead atoms. The van der Waals surface area contributed by atoms with Gasteiger partial charge in [0.1, 0.15) is 11.5 Å². The highest BCUT2D eigenvalue weighted by molar-refractivity contribution is 6.99. The fraction of sp³-hybridized carbons (Fsp3) is 0.462. The third-order valence-electron chi connectivity index (χ3n) is 8.82. The van der Waals surface area contributed by atoms with Gasteiger partial charge in [-0.3, -0.25) is 4.79 Å². The number of carbonyl (C=O) groups is 1. The largest absolute Gasteiger partial charge is 0.497 e. The number of methoxy groups -OCH3 is 1. The molecule has 3 aromatic rings. The van der Waals surface area contributed by atoms with Crippen molar-refractivity contribution in [3.63, 3.8) is 0 Å². The fourth-order valence-electron chi connectivity index (χ4n) is 6.70. The monoisotopic (exact) mass is 644 g/mol. The van der Waals surface area contributed by atoms with E-state index in [9.17, 15) is 9.90 Å². The zero-order valence-electron chi connectivity index (χ0n) is 28.2. The molecule has 1 fully saturated rings. The Morgan fingerprint density at radius 1 is 0.935 bits per heavy atom. The second-order valence-corrected chi connectivity index (χ2v) is 18.0. The van der Waals surface area contributed by atoms with Gasteiger partial charge in [-0.2, -0.15) is 0 Å². The van der Waals surface area contributed by atoms with Crippen molar-refractivity contribution in [1.82, 2.24) is 0 Å². The van der Waals surface area contributed by atoms with Crippen LogP contribution in [0, 0.1) is 0 Å². The number of Topliss-reactive ketones (excluding diaryl/α,β-unsaturated/α-hetero) is 1. The second kappa shape index (κ2) is 16.7. The van der Waals surface area contributed by atoms with Crippen LogP contribution in [0.4, 0.5) is 0 Å². The van der Waals surface area contributed by atoms with Crippen LogP contribution in [0.25, 0.3) is 0 Å². The molecule has 4 atom stereocenters. The van der Waals surface area contributed by atoms with Crippen molar-refractivity contribution >= 4 is 24.5 Å². The molecule has 6 nitrogen and oxygen atoms in total. The van der Waals surface area contributed by atoms with E-state index in [-0.39, 0.29) is 35.6 Å². The average molecular weight is 645 g/mol. The molecule has 0 aromatic heterocycles. The summed E-state index contributed by atoms with van der Waals surface area (Å²) < 4.78 is 25.7. The van der Waals surface area contributed by atoms with Gasteiger partial charge in [-0.25, -0.2) is 0 Å². The molecule has 4 rings (SSSR count). The number of hydrogen-bond acceptors (Lipinski definition) is 6. The van der Waals surface area contributed by atoms with E-state index in [0.717, 1.165) is 23.3 Å². The Morgan fingerprint density at radius 3 is 2.02 bits per heavy atom. The molecule has 46 heavy (non-hydrogen) atoms. The first-order valence-corrected chi connectivity index (χ1v) is 18.4. The first-order valence-electron chi connectivity index (χ1n) is 16.5. The number of aliphatic hydroxyl groups excluding tert-OH is 1. The minimum absolute atomic E-state index is 0.0217. The lowest BCUT2D eigenvalue weighted by Crippen LogP contribution is -2.66. The predicted octanol–water partition coefficient (Wildman–Crippen LogP) is 6.77. The highest BCUT2D eigenvalue weighted by atomic mass is 28.4. The summed E-state index contributed by atoms with van der Waals surface area (Å²) in [5.41, 5.74) is 2.17. The van der Waals surface area contributed by atoms with Crippen molar-refractivity contribution in [2.75, 3.05) is 13.7 Å². The van der Waals surface area contributed by atoms with E-state index >= 15 is 0 Å². The summed E-state index contributed by atoms with van der Waals surface area (Å²) in [5.74, 6) is 0.790. The molecule has 1 aliphatic heterocycles. The summed E-state index contributed by atoms with van der Waals surface area (Å²) in [6.07, 6.45) is 2.28. The van der Waals surface area contributed by atoms with Crippen molar-refractivity contribution in [3.05, 3.63) is 103 Å². The number of aliphatic hydroxyl groups is 1. The summed E-state index contributed by atoms with van der Waals surface area (Å²) in [4.78, 5) is 11.6. The number of carbonyl (C=O) groups excluding carboxylic acids is 1. The number of ketones is 1. The van der Waals surface area contributed by atoms with E-state index in [0.29, 0.717) is 38.9 Å². The van der Waals surface area contributed by atoms with E-state index < -0.39 is 14.4 Å². The quantitative estimate of drug-likeness (QED) is 0.137. The molecular formula is C39H52O6Si. The Balaban J connectivity index is 1.54. The highest BCUT2D eigenvalue weighted by Gasteiger charge is 2.50. The Bertz CT molecular complexity index is 1330. The van der Waals surface area contributed by atoms with Crippen LogP contribution in [0.3, 0.4) is 0 Å². The van der Waals surface area contributed by atoms with Crippen molar-refractivity contribution in [3.8, 4) is 5.75 Å². The summed E-state index contributed by atoms with van der Waals surface area (Å²) >= 11 is 0. The smallest absolute Gasteiger partial charge is 0.261 e. The minimum Gasteiger partial charge on any atom is -0.497 e. The second-order valence-electron chi connectivity index (χ2n) is 13.7. The van der Waals surface area contributed by atoms with E-state index in [1.54, 1.807) is 7.11 Å². The first-order chi connectivity index (χ1) is 22.0.